The van der Waals surface area contributed by atoms with E-state index in [0.29, 0.717) is 12.2 Å². The molecule has 0 atom stereocenters. The zero-order valence-electron chi connectivity index (χ0n) is 12.6. The fraction of sp³-hybridized carbons (Fsp3) is 0.333. The van der Waals surface area contributed by atoms with E-state index >= 15 is 0 Å². The minimum Gasteiger partial charge on any atom is -0.390 e. The first kappa shape index (κ1) is 20.6. The molecule has 0 radical (unpaired) electrons. The van der Waals surface area contributed by atoms with Crippen LogP contribution >= 0.6 is 0 Å². The molecule has 0 aromatic carbocycles. The van der Waals surface area contributed by atoms with Crippen molar-refractivity contribution in [1.29, 1.82) is 0 Å². The second-order valence-corrected chi connectivity index (χ2v) is 4.03. The molecule has 12 heteroatoms. The van der Waals surface area contributed by atoms with E-state index < -0.39 is 23.9 Å². The lowest BCUT2D eigenvalue weighted by atomic mass is 10.4. The van der Waals surface area contributed by atoms with Crippen molar-refractivity contribution in [3.05, 3.63) is 12.2 Å². The van der Waals surface area contributed by atoms with Gasteiger partial charge in [0.2, 0.25) is 0 Å². The van der Waals surface area contributed by atoms with Gasteiger partial charge in [0.15, 0.2) is 11.9 Å². The lowest BCUT2D eigenvalue weighted by Gasteiger charge is -1.99. The number of carbonyl (C=O) groups is 4. The molecule has 0 saturated heterocycles. The third kappa shape index (κ3) is 12.3. The first-order chi connectivity index (χ1) is 11.2. The standard InChI is InChI=1S/C12H18N6O6/c13-11(14)17-5-3-9(21)23-7(19)1-2-8(20)24-10(22)4-6-18-12(15)16/h1-2H,3-6H2,(H4,13,14,17)(H4,15,16,18)/b2-1+. The highest BCUT2D eigenvalue weighted by molar-refractivity contribution is 5.99. The van der Waals surface area contributed by atoms with Gasteiger partial charge in [-0.05, 0) is 0 Å². The lowest BCUT2D eigenvalue weighted by Crippen LogP contribution is -2.23. The fourth-order valence-corrected chi connectivity index (χ4v) is 1.08. The van der Waals surface area contributed by atoms with Gasteiger partial charge < -0.3 is 32.4 Å². The van der Waals surface area contributed by atoms with E-state index in [9.17, 15) is 19.2 Å². The first-order valence-electron chi connectivity index (χ1n) is 6.49. The molecule has 0 fully saturated rings. The number of hydrogen-bond donors (Lipinski definition) is 4. The zero-order valence-corrected chi connectivity index (χ0v) is 12.6. The lowest BCUT2D eigenvalue weighted by molar-refractivity contribution is -0.158. The van der Waals surface area contributed by atoms with Crippen LogP contribution in [0.1, 0.15) is 12.8 Å². The topological polar surface area (TPSA) is 216 Å². The van der Waals surface area contributed by atoms with Crippen LogP contribution < -0.4 is 22.9 Å². The highest BCUT2D eigenvalue weighted by Gasteiger charge is 2.10. The summed E-state index contributed by atoms with van der Waals surface area (Å²) in [4.78, 5) is 51.9. The number of guanidine groups is 2. The summed E-state index contributed by atoms with van der Waals surface area (Å²) in [6.07, 6.45) is 0.796. The maximum atomic E-state index is 11.2. The summed E-state index contributed by atoms with van der Waals surface area (Å²) in [6, 6.07) is 0. The summed E-state index contributed by atoms with van der Waals surface area (Å²) in [7, 11) is 0. The van der Waals surface area contributed by atoms with Crippen LogP contribution in [0.5, 0.6) is 0 Å². The molecular formula is C12H18N6O6. The van der Waals surface area contributed by atoms with Crippen LogP contribution in [0, 0.1) is 0 Å². The monoisotopic (exact) mass is 342 g/mol. The molecule has 0 bridgehead atoms. The molecular weight excluding hydrogens is 324 g/mol. The van der Waals surface area contributed by atoms with Gasteiger partial charge in [-0.3, -0.25) is 19.6 Å². The van der Waals surface area contributed by atoms with Gasteiger partial charge in [0.05, 0.1) is 25.9 Å². The summed E-state index contributed by atoms with van der Waals surface area (Å²) in [5.74, 6) is -4.43. The molecule has 0 aliphatic rings. The van der Waals surface area contributed by atoms with Gasteiger partial charge in [0, 0.05) is 12.2 Å². The van der Waals surface area contributed by atoms with Crippen molar-refractivity contribution in [3.8, 4) is 0 Å². The van der Waals surface area contributed by atoms with Crippen molar-refractivity contribution in [2.75, 3.05) is 13.1 Å². The molecule has 0 unspecified atom stereocenters. The van der Waals surface area contributed by atoms with Gasteiger partial charge in [-0.15, -0.1) is 0 Å². The molecule has 12 nitrogen and oxygen atoms in total. The van der Waals surface area contributed by atoms with Crippen LogP contribution in [-0.4, -0.2) is 48.9 Å². The third-order valence-corrected chi connectivity index (χ3v) is 2.00. The number of nitrogens with two attached hydrogens (primary N) is 4. The molecule has 0 aromatic rings. The fourth-order valence-electron chi connectivity index (χ4n) is 1.08. The average Bonchev–Trinajstić information content (AvgIpc) is 2.44. The van der Waals surface area contributed by atoms with Gasteiger partial charge in [0.25, 0.3) is 0 Å². The predicted octanol–water partition coefficient (Wildman–Crippen LogP) is -2.99. The zero-order chi connectivity index (χ0) is 18.5. The molecule has 0 rings (SSSR count). The minimum atomic E-state index is -1.12. The van der Waals surface area contributed by atoms with Crippen molar-refractivity contribution in [1.82, 2.24) is 0 Å². The average molecular weight is 342 g/mol. The Morgan fingerprint density at radius 2 is 1.04 bits per heavy atom. The van der Waals surface area contributed by atoms with Crippen LogP contribution in [0.25, 0.3) is 0 Å². The number of ether oxygens (including phenoxy) is 2. The van der Waals surface area contributed by atoms with Gasteiger partial charge in [0.1, 0.15) is 0 Å². The second kappa shape index (κ2) is 11.2. The molecule has 0 aromatic heterocycles. The first-order valence-corrected chi connectivity index (χ1v) is 6.49. The molecule has 132 valence electrons. The molecule has 0 saturated carbocycles. The van der Waals surface area contributed by atoms with E-state index in [-0.39, 0.29) is 37.9 Å². The second-order valence-electron chi connectivity index (χ2n) is 4.03. The van der Waals surface area contributed by atoms with Crippen LogP contribution in [0.3, 0.4) is 0 Å². The Bertz CT molecular complexity index is 525. The number of hydrogen-bond acceptors (Lipinski definition) is 8. The summed E-state index contributed by atoms with van der Waals surface area (Å²) in [6.45, 7) is -0.102. The molecule has 0 spiro atoms. The van der Waals surface area contributed by atoms with Crippen LogP contribution in [0.15, 0.2) is 22.1 Å². The largest absolute Gasteiger partial charge is 0.390 e. The van der Waals surface area contributed by atoms with Gasteiger partial charge in [-0.2, -0.15) is 0 Å². The van der Waals surface area contributed by atoms with Crippen molar-refractivity contribution >= 4 is 35.8 Å². The van der Waals surface area contributed by atoms with Gasteiger partial charge in [-0.25, -0.2) is 9.59 Å². The number of rotatable bonds is 8. The van der Waals surface area contributed by atoms with Crippen molar-refractivity contribution in [2.45, 2.75) is 12.8 Å². The van der Waals surface area contributed by atoms with E-state index in [4.69, 9.17) is 22.9 Å². The van der Waals surface area contributed by atoms with Crippen molar-refractivity contribution in [3.63, 3.8) is 0 Å². The highest BCUT2D eigenvalue weighted by Crippen LogP contribution is 1.93. The Balaban J connectivity index is 4.14. The third-order valence-electron chi connectivity index (χ3n) is 2.00. The van der Waals surface area contributed by atoms with E-state index in [0.717, 1.165) is 0 Å². The maximum absolute atomic E-state index is 11.2. The van der Waals surface area contributed by atoms with E-state index in [2.05, 4.69) is 19.5 Å². The van der Waals surface area contributed by atoms with Crippen LogP contribution in [0.4, 0.5) is 0 Å². The van der Waals surface area contributed by atoms with E-state index in [1.165, 1.54) is 0 Å². The van der Waals surface area contributed by atoms with Gasteiger partial charge in [-0.1, -0.05) is 0 Å². The molecule has 0 aliphatic carbocycles. The molecule has 0 amide bonds. The Morgan fingerprint density at radius 1 is 0.708 bits per heavy atom. The SMILES string of the molecule is NC(N)=NCCC(=O)OC(=O)/C=C/C(=O)OC(=O)CCN=C(N)N. The van der Waals surface area contributed by atoms with Gasteiger partial charge >= 0.3 is 23.9 Å². The Hall–Kier alpha value is -3.44. The number of esters is 4. The van der Waals surface area contributed by atoms with Crippen LogP contribution in [-0.2, 0) is 28.7 Å². The van der Waals surface area contributed by atoms with Crippen molar-refractivity contribution < 1.29 is 28.7 Å². The Morgan fingerprint density at radius 3 is 1.33 bits per heavy atom. The number of nitrogens with zero attached hydrogens (tertiary/aromatic N) is 2. The minimum absolute atomic E-state index is 0.0511. The summed E-state index contributed by atoms with van der Waals surface area (Å²) < 4.78 is 8.65. The smallest absolute Gasteiger partial charge is 0.338 e. The summed E-state index contributed by atoms with van der Waals surface area (Å²) in [5.41, 5.74) is 20.2. The number of carbonyl (C=O) groups excluding carboxylic acids is 4. The Labute approximate surface area is 136 Å². The number of aliphatic imine (C=N–C) groups is 2. The maximum Gasteiger partial charge on any atom is 0.338 e. The highest BCUT2D eigenvalue weighted by atomic mass is 16.6. The normalized spacial score (nSPS) is 9.83. The molecule has 0 aliphatic heterocycles. The van der Waals surface area contributed by atoms with Crippen molar-refractivity contribution in [2.24, 2.45) is 32.9 Å². The quantitative estimate of drug-likeness (QED) is 0.115. The molecule has 8 N–H and O–H groups in total. The Kier molecular flexibility index (Phi) is 9.57. The molecule has 24 heavy (non-hydrogen) atoms. The van der Waals surface area contributed by atoms with E-state index in [1.807, 2.05) is 0 Å². The summed E-state index contributed by atoms with van der Waals surface area (Å²) >= 11 is 0. The van der Waals surface area contributed by atoms with Crippen LogP contribution in [0.2, 0.25) is 0 Å². The van der Waals surface area contributed by atoms with E-state index in [1.54, 1.807) is 0 Å². The molecule has 0 heterocycles. The predicted molar refractivity (Wildman–Crippen MR) is 81.9 cm³/mol. The summed E-state index contributed by atoms with van der Waals surface area (Å²) in [5, 5.41) is 0.